The molecule has 0 aliphatic heterocycles. The molecule has 474 valence electrons. The number of carbonyl (C=O) groups excluding carboxylic acids is 2. The maximum Gasteiger partial charge on any atom is 0.472 e. The molecule has 0 bridgehead atoms. The molecule has 1 amide bonds. The molecule has 0 aromatic carbocycles. The van der Waals surface area contributed by atoms with Crippen molar-refractivity contribution in [3.8, 4) is 0 Å². The van der Waals surface area contributed by atoms with Crippen molar-refractivity contribution in [3.05, 3.63) is 60.8 Å². The Hall–Kier alpha value is -2.29. The van der Waals surface area contributed by atoms with Crippen LogP contribution in [-0.4, -0.2) is 74.3 Å². The van der Waals surface area contributed by atoms with E-state index in [2.05, 4.69) is 74.7 Å². The number of phosphoric acid groups is 1. The van der Waals surface area contributed by atoms with Gasteiger partial charge in [-0.05, 0) is 76.7 Å². The van der Waals surface area contributed by atoms with E-state index in [-0.39, 0.29) is 31.5 Å². The highest BCUT2D eigenvalue weighted by atomic mass is 31.2. The van der Waals surface area contributed by atoms with Crippen molar-refractivity contribution in [2.24, 2.45) is 0 Å². The summed E-state index contributed by atoms with van der Waals surface area (Å²) in [4.78, 5) is 37.8. The molecular formula is C71H134N2O7P+. The van der Waals surface area contributed by atoms with Crippen LogP contribution in [0.3, 0.4) is 0 Å². The first-order chi connectivity index (χ1) is 39.4. The molecule has 0 saturated heterocycles. The van der Waals surface area contributed by atoms with Gasteiger partial charge in [0.05, 0.1) is 33.8 Å². The third-order valence-corrected chi connectivity index (χ3v) is 16.4. The van der Waals surface area contributed by atoms with Crippen molar-refractivity contribution < 1.29 is 37.3 Å². The number of hydrogen-bond donors (Lipinski definition) is 2. The van der Waals surface area contributed by atoms with E-state index in [1.165, 1.54) is 218 Å². The van der Waals surface area contributed by atoms with Crippen molar-refractivity contribution in [3.63, 3.8) is 0 Å². The first-order valence-corrected chi connectivity index (χ1v) is 36.1. The maximum absolute atomic E-state index is 13.6. The number of nitrogens with zero attached hydrogens (tertiary/aromatic N) is 1. The van der Waals surface area contributed by atoms with E-state index < -0.39 is 20.0 Å². The summed E-state index contributed by atoms with van der Waals surface area (Å²) in [6.07, 6.45) is 77.9. The van der Waals surface area contributed by atoms with E-state index >= 15 is 0 Å². The number of hydrogen-bond acceptors (Lipinski definition) is 6. The van der Waals surface area contributed by atoms with Crippen LogP contribution in [0.25, 0.3) is 0 Å². The molecule has 0 radical (unpaired) electrons. The standard InChI is InChI=1S/C71H133N2O7P/c1-7-10-13-16-19-22-25-28-30-31-32-33-34-35-36-37-38-39-40-41-43-46-49-52-55-58-61-64-71(75)80-69(62-59-56-53-50-47-44-27-24-21-18-15-12-9-3)68(67-79-81(76,77)78-66-65-73(4,5)6)72-70(74)63-60-57-54-51-48-45-42-29-26-23-20-17-14-11-8-2/h19,22,28,30,32-33,35-36,59,62,68-69H,7-18,20-21,23-27,29,31,34,37-58,60-61,63-67H2,1-6H3,(H-,72,74,76,77)/p+1/b22-19-,30-28-,33-32-,36-35-,62-59-. The smallest absolute Gasteiger partial charge is 0.456 e. The van der Waals surface area contributed by atoms with Gasteiger partial charge < -0.3 is 19.4 Å². The highest BCUT2D eigenvalue weighted by molar-refractivity contribution is 7.47. The topological polar surface area (TPSA) is 111 Å². The molecule has 0 spiro atoms. The van der Waals surface area contributed by atoms with Gasteiger partial charge in [-0.1, -0.05) is 300 Å². The third-order valence-electron chi connectivity index (χ3n) is 15.5. The van der Waals surface area contributed by atoms with Crippen molar-refractivity contribution >= 4 is 19.7 Å². The van der Waals surface area contributed by atoms with Crippen LogP contribution in [0.5, 0.6) is 0 Å². The number of esters is 1. The first-order valence-electron chi connectivity index (χ1n) is 34.6. The summed E-state index contributed by atoms with van der Waals surface area (Å²) in [5.74, 6) is -0.495. The minimum Gasteiger partial charge on any atom is -0.456 e. The monoisotopic (exact) mass is 1160 g/mol. The lowest BCUT2D eigenvalue weighted by atomic mass is 10.0. The predicted molar refractivity (Wildman–Crippen MR) is 351 cm³/mol. The fourth-order valence-electron chi connectivity index (χ4n) is 10.1. The molecule has 0 aliphatic carbocycles. The van der Waals surface area contributed by atoms with Gasteiger partial charge in [-0.25, -0.2) is 4.57 Å². The molecule has 0 fully saturated rings. The fourth-order valence-corrected chi connectivity index (χ4v) is 10.8. The zero-order valence-corrected chi connectivity index (χ0v) is 55.2. The van der Waals surface area contributed by atoms with Gasteiger partial charge in [-0.15, -0.1) is 0 Å². The molecule has 0 aliphatic rings. The van der Waals surface area contributed by atoms with Gasteiger partial charge in [0.25, 0.3) is 0 Å². The molecule has 0 heterocycles. The first kappa shape index (κ1) is 78.7. The summed E-state index contributed by atoms with van der Waals surface area (Å²) in [5.41, 5.74) is 0. The van der Waals surface area contributed by atoms with Gasteiger partial charge in [-0.2, -0.15) is 0 Å². The fraction of sp³-hybridized carbons (Fsp3) is 0.831. The number of allylic oxidation sites excluding steroid dienone is 9. The van der Waals surface area contributed by atoms with Gasteiger partial charge in [0.2, 0.25) is 5.91 Å². The molecule has 81 heavy (non-hydrogen) atoms. The van der Waals surface area contributed by atoms with E-state index in [4.69, 9.17) is 13.8 Å². The average Bonchev–Trinajstić information content (AvgIpc) is 3.44. The second kappa shape index (κ2) is 60.8. The zero-order chi connectivity index (χ0) is 59.3. The van der Waals surface area contributed by atoms with Crippen LogP contribution in [0, 0.1) is 0 Å². The molecule has 3 unspecified atom stereocenters. The van der Waals surface area contributed by atoms with Gasteiger partial charge in [0.1, 0.15) is 19.3 Å². The Morgan fingerprint density at radius 3 is 1.15 bits per heavy atom. The van der Waals surface area contributed by atoms with Crippen molar-refractivity contribution in [1.82, 2.24) is 5.32 Å². The molecule has 10 heteroatoms. The van der Waals surface area contributed by atoms with E-state index in [1.807, 2.05) is 33.3 Å². The average molecular weight is 1160 g/mol. The molecule has 3 atom stereocenters. The normalized spacial score (nSPS) is 13.9. The number of likely N-dealkylation sites (N-methyl/N-ethyl adjacent to an activating group) is 1. The second-order valence-electron chi connectivity index (χ2n) is 24.7. The van der Waals surface area contributed by atoms with Crippen molar-refractivity contribution in [2.45, 2.75) is 341 Å². The van der Waals surface area contributed by atoms with E-state index in [0.717, 1.165) is 77.0 Å². The molecular weight excluding hydrogens is 1020 g/mol. The number of rotatable bonds is 63. The van der Waals surface area contributed by atoms with E-state index in [9.17, 15) is 19.0 Å². The highest BCUT2D eigenvalue weighted by Crippen LogP contribution is 2.43. The Bertz CT molecular complexity index is 1570. The predicted octanol–water partition coefficient (Wildman–Crippen LogP) is 21.8. The Balaban J connectivity index is 5.07. The van der Waals surface area contributed by atoms with E-state index in [1.54, 1.807) is 0 Å². The summed E-state index contributed by atoms with van der Waals surface area (Å²) in [5, 5.41) is 3.07. The molecule has 2 N–H and O–H groups in total. The number of unbranched alkanes of at least 4 members (excludes halogenated alkanes) is 39. The quantitative estimate of drug-likeness (QED) is 0.0205. The number of phosphoric ester groups is 1. The van der Waals surface area contributed by atoms with Crippen LogP contribution in [0.2, 0.25) is 0 Å². The van der Waals surface area contributed by atoms with Crippen LogP contribution in [0.15, 0.2) is 60.8 Å². The Morgan fingerprint density at radius 2 is 0.753 bits per heavy atom. The molecule has 9 nitrogen and oxygen atoms in total. The van der Waals surface area contributed by atoms with Crippen LogP contribution >= 0.6 is 7.82 Å². The Kier molecular flexibility index (Phi) is 59.1. The Morgan fingerprint density at radius 1 is 0.432 bits per heavy atom. The number of amides is 1. The summed E-state index contributed by atoms with van der Waals surface area (Å²) >= 11 is 0. The van der Waals surface area contributed by atoms with Gasteiger partial charge in [0.15, 0.2) is 0 Å². The molecule has 0 aromatic rings. The number of carbonyl (C=O) groups is 2. The lowest BCUT2D eigenvalue weighted by molar-refractivity contribution is -0.870. The van der Waals surface area contributed by atoms with Crippen molar-refractivity contribution in [2.75, 3.05) is 40.9 Å². The summed E-state index contributed by atoms with van der Waals surface area (Å²) in [6.45, 7) is 7.02. The van der Waals surface area contributed by atoms with Gasteiger partial charge in [0, 0.05) is 12.8 Å². The zero-order valence-electron chi connectivity index (χ0n) is 54.3. The molecule has 0 aromatic heterocycles. The number of quaternary nitrogens is 1. The van der Waals surface area contributed by atoms with Crippen molar-refractivity contribution in [1.29, 1.82) is 0 Å². The van der Waals surface area contributed by atoms with E-state index in [0.29, 0.717) is 17.4 Å². The lowest BCUT2D eigenvalue weighted by Gasteiger charge is -2.27. The van der Waals surface area contributed by atoms with Crippen LogP contribution in [0.4, 0.5) is 0 Å². The highest BCUT2D eigenvalue weighted by Gasteiger charge is 2.30. The molecule has 0 rings (SSSR count). The minimum absolute atomic E-state index is 0.0407. The maximum atomic E-state index is 13.6. The van der Waals surface area contributed by atoms with Gasteiger partial charge in [-0.3, -0.25) is 18.6 Å². The van der Waals surface area contributed by atoms with Crippen LogP contribution < -0.4 is 5.32 Å². The SMILES string of the molecule is CCCCC/C=C\C/C=C\C/C=C\C/C=C\CCCCCCCCCCCCCC(=O)OC(/C=C\CCCCCCCCCCCCC)C(COP(=O)(O)OCC[N+](C)(C)C)NC(=O)CCCCCCCCCCCCCCCCC. The third kappa shape index (κ3) is 62.1. The molecule has 0 saturated carbocycles. The largest absolute Gasteiger partial charge is 0.472 e. The van der Waals surface area contributed by atoms with Crippen LogP contribution in [0.1, 0.15) is 329 Å². The van der Waals surface area contributed by atoms with Crippen LogP contribution in [-0.2, 0) is 27.9 Å². The summed E-state index contributed by atoms with van der Waals surface area (Å²) in [6, 6.07) is -0.848. The second-order valence-corrected chi connectivity index (χ2v) is 26.2. The number of ether oxygens (including phenoxy) is 1. The summed E-state index contributed by atoms with van der Waals surface area (Å²) < 4.78 is 30.8. The Labute approximate surface area is 502 Å². The number of nitrogens with one attached hydrogen (secondary N) is 1. The minimum atomic E-state index is -4.45. The van der Waals surface area contributed by atoms with Gasteiger partial charge >= 0.3 is 13.8 Å². The summed E-state index contributed by atoms with van der Waals surface area (Å²) in [7, 11) is 1.50. The lowest BCUT2D eigenvalue weighted by Crippen LogP contribution is -2.47.